The molecule has 1 saturated heterocycles. The molecular formula is C17H17N3O4. The number of ether oxygens (including phenoxy) is 1. The maximum atomic E-state index is 11.1. The second-order valence-corrected chi connectivity index (χ2v) is 5.62. The van der Waals surface area contributed by atoms with E-state index in [4.69, 9.17) is 14.3 Å². The summed E-state index contributed by atoms with van der Waals surface area (Å²) in [4.78, 5) is 17.2. The molecule has 7 heteroatoms. The quantitative estimate of drug-likeness (QED) is 0.921. The van der Waals surface area contributed by atoms with E-state index in [0.717, 1.165) is 5.56 Å². The molecule has 0 radical (unpaired) electrons. The first-order valence-electron chi connectivity index (χ1n) is 7.65. The number of anilines is 1. The lowest BCUT2D eigenvalue weighted by Crippen LogP contribution is -2.36. The molecule has 1 aromatic heterocycles. The van der Waals surface area contributed by atoms with Gasteiger partial charge < -0.3 is 19.2 Å². The average Bonchev–Trinajstić information content (AvgIpc) is 3.06. The standard InChI is InChI=1S/C17H17N3O4/c1-23-13-4-2-3-12(9-13)15-19-14(10-18)16(24-15)20-7-5-11(6-8-20)17(21)22/h2-4,9,11H,5-8H2,1H3,(H,21,22). The summed E-state index contributed by atoms with van der Waals surface area (Å²) in [5.74, 6) is 0.311. The van der Waals surface area contributed by atoms with Crippen LogP contribution in [0.2, 0.25) is 0 Å². The molecule has 1 N–H and O–H groups in total. The smallest absolute Gasteiger partial charge is 0.306 e. The van der Waals surface area contributed by atoms with Crippen LogP contribution in [0.25, 0.3) is 11.5 Å². The Kier molecular flexibility index (Phi) is 4.38. The number of nitrogens with zero attached hydrogens (tertiary/aromatic N) is 3. The zero-order chi connectivity index (χ0) is 17.1. The van der Waals surface area contributed by atoms with Crippen molar-refractivity contribution >= 4 is 11.9 Å². The maximum absolute atomic E-state index is 11.1. The first-order chi connectivity index (χ1) is 11.6. The molecule has 0 aliphatic carbocycles. The summed E-state index contributed by atoms with van der Waals surface area (Å²) in [6.45, 7) is 1.05. The molecule has 3 rings (SSSR count). The molecule has 1 fully saturated rings. The second kappa shape index (κ2) is 6.62. The van der Waals surface area contributed by atoms with Crippen LogP contribution in [0.15, 0.2) is 28.7 Å². The first kappa shape index (κ1) is 15.9. The number of oxazole rings is 1. The average molecular weight is 327 g/mol. The summed E-state index contributed by atoms with van der Waals surface area (Å²) in [5.41, 5.74) is 0.930. The van der Waals surface area contributed by atoms with Gasteiger partial charge in [-0.25, -0.2) is 0 Å². The van der Waals surface area contributed by atoms with Crippen molar-refractivity contribution in [3.8, 4) is 23.3 Å². The minimum atomic E-state index is -0.773. The van der Waals surface area contributed by atoms with Crippen molar-refractivity contribution in [2.75, 3.05) is 25.1 Å². The lowest BCUT2D eigenvalue weighted by molar-refractivity contribution is -0.142. The fourth-order valence-corrected chi connectivity index (χ4v) is 2.81. The summed E-state index contributed by atoms with van der Waals surface area (Å²) in [6, 6.07) is 9.30. The Balaban J connectivity index is 1.86. The minimum Gasteiger partial charge on any atom is -0.497 e. The van der Waals surface area contributed by atoms with Crippen molar-refractivity contribution in [1.82, 2.24) is 4.98 Å². The van der Waals surface area contributed by atoms with Crippen molar-refractivity contribution in [3.63, 3.8) is 0 Å². The van der Waals surface area contributed by atoms with Crippen molar-refractivity contribution < 1.29 is 19.1 Å². The number of carboxylic acid groups (broad SMARTS) is 1. The van der Waals surface area contributed by atoms with E-state index in [1.165, 1.54) is 0 Å². The monoisotopic (exact) mass is 327 g/mol. The van der Waals surface area contributed by atoms with Crippen LogP contribution in [0.4, 0.5) is 5.88 Å². The van der Waals surface area contributed by atoms with E-state index in [-0.39, 0.29) is 11.6 Å². The fraction of sp³-hybridized carbons (Fsp3) is 0.353. The van der Waals surface area contributed by atoms with E-state index >= 15 is 0 Å². The van der Waals surface area contributed by atoms with E-state index in [2.05, 4.69) is 11.1 Å². The third-order valence-electron chi connectivity index (χ3n) is 4.16. The third kappa shape index (κ3) is 3.04. The molecule has 0 spiro atoms. The van der Waals surface area contributed by atoms with E-state index in [0.29, 0.717) is 43.5 Å². The second-order valence-electron chi connectivity index (χ2n) is 5.62. The van der Waals surface area contributed by atoms with Gasteiger partial charge in [0, 0.05) is 18.7 Å². The number of benzene rings is 1. The van der Waals surface area contributed by atoms with Crippen molar-refractivity contribution in [2.45, 2.75) is 12.8 Å². The number of hydrogen-bond acceptors (Lipinski definition) is 6. The lowest BCUT2D eigenvalue weighted by atomic mass is 9.97. The van der Waals surface area contributed by atoms with Crippen molar-refractivity contribution in [3.05, 3.63) is 30.0 Å². The van der Waals surface area contributed by atoms with Crippen molar-refractivity contribution in [2.24, 2.45) is 5.92 Å². The molecule has 2 heterocycles. The number of carboxylic acids is 1. The molecule has 2 aromatic rings. The fourth-order valence-electron chi connectivity index (χ4n) is 2.81. The molecule has 0 saturated carbocycles. The van der Waals surface area contributed by atoms with Crippen LogP contribution in [0, 0.1) is 17.2 Å². The molecule has 0 bridgehead atoms. The molecule has 7 nitrogen and oxygen atoms in total. The predicted octanol–water partition coefficient (Wildman–Crippen LogP) is 2.52. The summed E-state index contributed by atoms with van der Waals surface area (Å²) in [6.07, 6.45) is 1.05. The molecule has 24 heavy (non-hydrogen) atoms. The molecule has 1 aliphatic heterocycles. The Labute approximate surface area is 139 Å². The highest BCUT2D eigenvalue weighted by Crippen LogP contribution is 2.32. The number of methoxy groups -OCH3 is 1. The molecule has 0 atom stereocenters. The topological polar surface area (TPSA) is 99.6 Å². The maximum Gasteiger partial charge on any atom is 0.306 e. The number of piperidine rings is 1. The number of nitriles is 1. The summed E-state index contributed by atoms with van der Waals surface area (Å²) in [7, 11) is 1.58. The van der Waals surface area contributed by atoms with Crippen molar-refractivity contribution in [1.29, 1.82) is 5.26 Å². The third-order valence-corrected chi connectivity index (χ3v) is 4.16. The summed E-state index contributed by atoms with van der Waals surface area (Å²) >= 11 is 0. The largest absolute Gasteiger partial charge is 0.497 e. The molecule has 1 aromatic carbocycles. The number of aliphatic carboxylic acids is 1. The Morgan fingerprint density at radius 3 is 2.83 bits per heavy atom. The predicted molar refractivity (Wildman–Crippen MR) is 85.8 cm³/mol. The van der Waals surface area contributed by atoms with Gasteiger partial charge in [-0.2, -0.15) is 10.2 Å². The zero-order valence-electron chi connectivity index (χ0n) is 13.2. The zero-order valence-corrected chi connectivity index (χ0v) is 13.2. The number of carbonyl (C=O) groups is 1. The Bertz CT molecular complexity index is 785. The highest BCUT2D eigenvalue weighted by Gasteiger charge is 2.28. The minimum absolute atomic E-state index is 0.210. The molecular weight excluding hydrogens is 310 g/mol. The van der Waals surface area contributed by atoms with Gasteiger partial charge in [0.2, 0.25) is 17.5 Å². The lowest BCUT2D eigenvalue weighted by Gasteiger charge is -2.29. The van der Waals surface area contributed by atoms with E-state index in [9.17, 15) is 10.1 Å². The molecule has 0 unspecified atom stereocenters. The Morgan fingerprint density at radius 1 is 1.46 bits per heavy atom. The normalized spacial score (nSPS) is 15.1. The SMILES string of the molecule is COc1cccc(-c2nc(C#N)c(N3CCC(C(=O)O)CC3)o2)c1. The number of rotatable bonds is 4. The van der Waals surface area contributed by atoms with Gasteiger partial charge in [0.1, 0.15) is 11.8 Å². The van der Waals surface area contributed by atoms with Crippen LogP contribution in [0.3, 0.4) is 0 Å². The highest BCUT2D eigenvalue weighted by atomic mass is 16.5. The Hall–Kier alpha value is -3.01. The van der Waals surface area contributed by atoms with Crippen LogP contribution >= 0.6 is 0 Å². The van der Waals surface area contributed by atoms with Crippen LogP contribution in [-0.4, -0.2) is 36.3 Å². The van der Waals surface area contributed by atoms with Gasteiger partial charge in [0.25, 0.3) is 0 Å². The van der Waals surface area contributed by atoms with Gasteiger partial charge in [0.05, 0.1) is 13.0 Å². The van der Waals surface area contributed by atoms with Crippen LogP contribution in [-0.2, 0) is 4.79 Å². The highest BCUT2D eigenvalue weighted by molar-refractivity contribution is 5.70. The number of hydrogen-bond donors (Lipinski definition) is 1. The van der Waals surface area contributed by atoms with Crippen LogP contribution < -0.4 is 9.64 Å². The van der Waals surface area contributed by atoms with Gasteiger partial charge in [-0.3, -0.25) is 4.79 Å². The first-order valence-corrected chi connectivity index (χ1v) is 7.65. The molecule has 124 valence electrons. The summed E-state index contributed by atoms with van der Waals surface area (Å²) in [5, 5.41) is 18.4. The van der Waals surface area contributed by atoms with E-state index < -0.39 is 5.97 Å². The van der Waals surface area contributed by atoms with E-state index in [1.54, 1.807) is 13.2 Å². The molecule has 1 aliphatic rings. The van der Waals surface area contributed by atoms with Crippen LogP contribution in [0.1, 0.15) is 18.5 Å². The number of aromatic nitrogens is 1. The summed E-state index contributed by atoms with van der Waals surface area (Å²) < 4.78 is 11.0. The molecule has 0 amide bonds. The van der Waals surface area contributed by atoms with E-state index in [1.807, 2.05) is 23.1 Å². The van der Waals surface area contributed by atoms with Gasteiger partial charge in [-0.1, -0.05) is 6.07 Å². The van der Waals surface area contributed by atoms with Crippen LogP contribution in [0.5, 0.6) is 5.75 Å². The van der Waals surface area contributed by atoms with Gasteiger partial charge in [0.15, 0.2) is 0 Å². The van der Waals surface area contributed by atoms with Gasteiger partial charge in [-0.15, -0.1) is 0 Å². The van der Waals surface area contributed by atoms with Gasteiger partial charge >= 0.3 is 5.97 Å². The Morgan fingerprint density at radius 2 is 2.21 bits per heavy atom. The van der Waals surface area contributed by atoms with Gasteiger partial charge in [-0.05, 0) is 31.0 Å².